The molecule has 1 saturated heterocycles. The Kier molecular flexibility index (Phi) is 9.99. The highest BCUT2D eigenvalue weighted by Crippen LogP contribution is 2.28. The van der Waals surface area contributed by atoms with Gasteiger partial charge in [-0.2, -0.15) is 0 Å². The maximum absolute atomic E-state index is 11.9. The normalized spacial score (nSPS) is 24.5. The van der Waals surface area contributed by atoms with Gasteiger partial charge in [-0.3, -0.25) is 9.59 Å². The van der Waals surface area contributed by atoms with Gasteiger partial charge >= 0.3 is 11.9 Å². The summed E-state index contributed by atoms with van der Waals surface area (Å²) in [5.74, 6) is -1.78. The van der Waals surface area contributed by atoms with E-state index in [-0.39, 0.29) is 32.7 Å². The lowest BCUT2D eigenvalue weighted by Gasteiger charge is -2.43. The van der Waals surface area contributed by atoms with Gasteiger partial charge in [0.2, 0.25) is 0 Å². The van der Waals surface area contributed by atoms with E-state index in [2.05, 4.69) is 0 Å². The summed E-state index contributed by atoms with van der Waals surface area (Å²) in [6.07, 6.45) is -5.28. The molecule has 0 spiro atoms. The van der Waals surface area contributed by atoms with Gasteiger partial charge in [-0.05, 0) is 11.1 Å². The average molecular weight is 475 g/mol. The Hall–Kier alpha value is -2.82. The van der Waals surface area contributed by atoms with E-state index >= 15 is 0 Å². The van der Waals surface area contributed by atoms with Crippen molar-refractivity contribution in [3.63, 3.8) is 0 Å². The number of hydrogen-bond donors (Lipinski definition) is 2. The van der Waals surface area contributed by atoms with Crippen molar-refractivity contribution in [2.45, 2.75) is 56.8 Å². The van der Waals surface area contributed by atoms with Crippen molar-refractivity contribution in [1.29, 1.82) is 0 Å². The summed E-state index contributed by atoms with van der Waals surface area (Å²) < 4.78 is 28.5. The zero-order chi connectivity index (χ0) is 24.3. The molecule has 9 heteroatoms. The predicted molar refractivity (Wildman–Crippen MR) is 120 cm³/mol. The molecule has 0 aromatic heterocycles. The Morgan fingerprint density at radius 2 is 1.44 bits per heavy atom. The fourth-order valence-corrected chi connectivity index (χ4v) is 3.59. The van der Waals surface area contributed by atoms with Crippen LogP contribution < -0.4 is 0 Å². The van der Waals surface area contributed by atoms with Crippen molar-refractivity contribution >= 4 is 11.9 Å². The molecule has 2 aromatic carbocycles. The number of hydrogen-bond acceptors (Lipinski definition) is 8. The number of benzene rings is 2. The van der Waals surface area contributed by atoms with Gasteiger partial charge in [-0.1, -0.05) is 60.7 Å². The van der Waals surface area contributed by atoms with Crippen molar-refractivity contribution < 1.29 is 43.5 Å². The molecule has 1 aliphatic rings. The van der Waals surface area contributed by atoms with E-state index in [0.717, 1.165) is 11.1 Å². The summed E-state index contributed by atoms with van der Waals surface area (Å²) in [6, 6.07) is 18.9. The van der Waals surface area contributed by atoms with Crippen molar-refractivity contribution in [2.24, 2.45) is 0 Å². The number of carboxylic acids is 1. The first kappa shape index (κ1) is 25.8. The van der Waals surface area contributed by atoms with Crippen LogP contribution in [0, 0.1) is 0 Å². The molecule has 9 nitrogen and oxygen atoms in total. The van der Waals surface area contributed by atoms with Crippen LogP contribution >= 0.6 is 0 Å². The molecular formula is C25H30O9. The number of rotatable bonds is 12. The summed E-state index contributed by atoms with van der Waals surface area (Å²) in [7, 11) is 1.43. The molecule has 2 N–H and O–H groups in total. The minimum atomic E-state index is -1.14. The van der Waals surface area contributed by atoms with Gasteiger partial charge < -0.3 is 33.9 Å². The van der Waals surface area contributed by atoms with Gasteiger partial charge in [-0.15, -0.1) is 0 Å². The lowest BCUT2D eigenvalue weighted by Crippen LogP contribution is -2.60. The highest BCUT2D eigenvalue weighted by Gasteiger charge is 2.47. The predicted octanol–water partition coefficient (Wildman–Crippen LogP) is 2.30. The summed E-state index contributed by atoms with van der Waals surface area (Å²) in [6.45, 7) is 0.185. The third-order valence-electron chi connectivity index (χ3n) is 5.37. The number of aliphatic hydroxyl groups is 1. The molecule has 0 bridgehead atoms. The Morgan fingerprint density at radius 1 is 0.882 bits per heavy atom. The number of ether oxygens (including phenoxy) is 5. The Morgan fingerprint density at radius 3 is 1.97 bits per heavy atom. The SMILES string of the molecule is CO[C@H]1O[C@H](COC(=O)CCC(=O)O)[C@@H](OCc2ccccc2)[C@H](O)[C@H]1OCc1ccccc1. The summed E-state index contributed by atoms with van der Waals surface area (Å²) >= 11 is 0. The molecule has 0 aliphatic carbocycles. The van der Waals surface area contributed by atoms with Crippen molar-refractivity contribution in [3.05, 3.63) is 71.8 Å². The van der Waals surface area contributed by atoms with E-state index in [1.165, 1.54) is 7.11 Å². The van der Waals surface area contributed by atoms with Gasteiger partial charge in [0.1, 0.15) is 31.0 Å². The zero-order valence-electron chi connectivity index (χ0n) is 18.9. The number of carbonyl (C=O) groups excluding carboxylic acids is 1. The van der Waals surface area contributed by atoms with Crippen LogP contribution in [0.4, 0.5) is 0 Å². The summed E-state index contributed by atoms with van der Waals surface area (Å²) in [5, 5.41) is 19.9. The summed E-state index contributed by atoms with van der Waals surface area (Å²) in [5.41, 5.74) is 1.81. The molecule has 34 heavy (non-hydrogen) atoms. The molecular weight excluding hydrogens is 444 g/mol. The van der Waals surface area contributed by atoms with Crippen molar-refractivity contribution in [3.8, 4) is 0 Å². The molecule has 2 aromatic rings. The number of aliphatic carboxylic acids is 1. The highest BCUT2D eigenvalue weighted by atomic mass is 16.7. The van der Waals surface area contributed by atoms with Crippen LogP contribution in [-0.2, 0) is 46.5 Å². The van der Waals surface area contributed by atoms with E-state index in [1.807, 2.05) is 60.7 Å². The molecule has 0 amide bonds. The Bertz CT molecular complexity index is 890. The molecule has 5 atom stereocenters. The Labute approximate surface area is 198 Å². The third kappa shape index (κ3) is 7.61. The fourth-order valence-electron chi connectivity index (χ4n) is 3.59. The van der Waals surface area contributed by atoms with Gasteiger partial charge in [0.05, 0.1) is 26.1 Å². The largest absolute Gasteiger partial charge is 0.481 e. The van der Waals surface area contributed by atoms with Crippen LogP contribution in [0.15, 0.2) is 60.7 Å². The Balaban J connectivity index is 1.69. The topological polar surface area (TPSA) is 121 Å². The number of carbonyl (C=O) groups is 2. The second-order valence-electron chi connectivity index (χ2n) is 7.87. The zero-order valence-corrected chi connectivity index (χ0v) is 18.9. The average Bonchev–Trinajstić information content (AvgIpc) is 2.85. The lowest BCUT2D eigenvalue weighted by molar-refractivity contribution is -0.313. The van der Waals surface area contributed by atoms with Crippen LogP contribution in [0.2, 0.25) is 0 Å². The molecule has 0 unspecified atom stereocenters. The second-order valence-corrected chi connectivity index (χ2v) is 7.87. The molecule has 184 valence electrons. The molecule has 1 heterocycles. The first-order valence-corrected chi connectivity index (χ1v) is 11.0. The van der Waals surface area contributed by atoms with Crippen LogP contribution in [0.25, 0.3) is 0 Å². The molecule has 0 radical (unpaired) electrons. The van der Waals surface area contributed by atoms with Crippen LogP contribution in [-0.4, -0.2) is 66.6 Å². The van der Waals surface area contributed by atoms with E-state index in [0.29, 0.717) is 0 Å². The van der Waals surface area contributed by atoms with E-state index in [1.54, 1.807) is 0 Å². The van der Waals surface area contributed by atoms with E-state index < -0.39 is 42.6 Å². The lowest BCUT2D eigenvalue weighted by atomic mass is 9.98. The molecule has 3 rings (SSSR count). The van der Waals surface area contributed by atoms with Gasteiger partial charge in [0.25, 0.3) is 0 Å². The quantitative estimate of drug-likeness (QED) is 0.446. The van der Waals surface area contributed by atoms with Crippen LogP contribution in [0.5, 0.6) is 0 Å². The minimum Gasteiger partial charge on any atom is -0.481 e. The van der Waals surface area contributed by atoms with Crippen LogP contribution in [0.3, 0.4) is 0 Å². The summed E-state index contributed by atoms with van der Waals surface area (Å²) in [4.78, 5) is 22.6. The number of esters is 1. The highest BCUT2D eigenvalue weighted by molar-refractivity contribution is 5.76. The molecule has 1 aliphatic heterocycles. The first-order valence-electron chi connectivity index (χ1n) is 11.0. The number of methoxy groups -OCH3 is 1. The maximum atomic E-state index is 11.9. The second kappa shape index (κ2) is 13.2. The maximum Gasteiger partial charge on any atom is 0.306 e. The van der Waals surface area contributed by atoms with Crippen LogP contribution in [0.1, 0.15) is 24.0 Å². The third-order valence-corrected chi connectivity index (χ3v) is 5.37. The number of aliphatic hydroxyl groups excluding tert-OH is 1. The molecule has 1 fully saturated rings. The van der Waals surface area contributed by atoms with Crippen molar-refractivity contribution in [2.75, 3.05) is 13.7 Å². The van der Waals surface area contributed by atoms with E-state index in [9.17, 15) is 14.7 Å². The van der Waals surface area contributed by atoms with Gasteiger partial charge in [0, 0.05) is 7.11 Å². The monoisotopic (exact) mass is 474 g/mol. The van der Waals surface area contributed by atoms with E-state index in [4.69, 9.17) is 28.8 Å². The number of carboxylic acid groups (broad SMARTS) is 1. The smallest absolute Gasteiger partial charge is 0.306 e. The fraction of sp³-hybridized carbons (Fsp3) is 0.440. The first-order chi connectivity index (χ1) is 16.5. The minimum absolute atomic E-state index is 0.193. The standard InChI is InChI=1S/C25H30O9/c1-30-25-24(33-15-18-10-6-3-7-11-18)22(29)23(32-14-17-8-4-2-5-9-17)19(34-25)16-31-21(28)13-12-20(26)27/h2-11,19,22-25,29H,12-16H2,1H3,(H,26,27)/t19-,22+,23-,24-,25+/m1/s1. The molecule has 0 saturated carbocycles. The van der Waals surface area contributed by atoms with Gasteiger partial charge in [-0.25, -0.2) is 0 Å². The van der Waals surface area contributed by atoms with Gasteiger partial charge in [0.15, 0.2) is 6.29 Å². The van der Waals surface area contributed by atoms with Crippen molar-refractivity contribution in [1.82, 2.24) is 0 Å².